The Kier molecular flexibility index (Phi) is 5.25. The molecule has 0 aliphatic carbocycles. The molecule has 4 nitrogen and oxygen atoms in total. The van der Waals surface area contributed by atoms with Crippen molar-refractivity contribution in [3.8, 4) is 0 Å². The highest BCUT2D eigenvalue weighted by molar-refractivity contribution is 7.99. The first-order valence-corrected chi connectivity index (χ1v) is 8.72. The number of hydrogen-bond acceptors (Lipinski definition) is 6. The van der Waals surface area contributed by atoms with Crippen LogP contribution in [0.1, 0.15) is 29.1 Å². The predicted molar refractivity (Wildman–Crippen MR) is 91.2 cm³/mol. The number of nitrogens with two attached hydrogens (primary N) is 1. The standard InChI is InChI=1S/C15H19N3OS2/c1-9(2)12(19)13-11(16)14(20-3)15(21-13)18-8-10-4-6-17-7-5-10/h4-7,9,18H,8,16H2,1-3H3. The number of pyridine rings is 1. The second kappa shape index (κ2) is 6.95. The van der Waals surface area contributed by atoms with Crippen LogP contribution in [0.3, 0.4) is 0 Å². The Morgan fingerprint density at radius 2 is 2.10 bits per heavy atom. The molecule has 2 aromatic heterocycles. The largest absolute Gasteiger partial charge is 0.396 e. The van der Waals surface area contributed by atoms with Crippen molar-refractivity contribution in [2.45, 2.75) is 25.3 Å². The maximum absolute atomic E-state index is 12.2. The van der Waals surface area contributed by atoms with Gasteiger partial charge in [0.25, 0.3) is 0 Å². The molecule has 0 saturated carbocycles. The lowest BCUT2D eigenvalue weighted by Crippen LogP contribution is -2.07. The molecule has 0 saturated heterocycles. The van der Waals surface area contributed by atoms with Gasteiger partial charge in [0.05, 0.1) is 15.5 Å². The smallest absolute Gasteiger partial charge is 0.177 e. The molecule has 0 aliphatic rings. The van der Waals surface area contributed by atoms with E-state index in [0.29, 0.717) is 17.1 Å². The van der Waals surface area contributed by atoms with E-state index < -0.39 is 0 Å². The molecular formula is C15H19N3OS2. The Balaban J connectivity index is 2.23. The van der Waals surface area contributed by atoms with Crippen LogP contribution in [0.25, 0.3) is 0 Å². The molecule has 6 heteroatoms. The second-order valence-electron chi connectivity index (χ2n) is 4.94. The first-order chi connectivity index (χ1) is 10.0. The molecule has 2 rings (SSSR count). The number of hydrogen-bond donors (Lipinski definition) is 2. The third-order valence-corrected chi connectivity index (χ3v) is 5.19. The van der Waals surface area contributed by atoms with E-state index in [1.807, 2.05) is 32.2 Å². The molecule has 0 unspecified atom stereocenters. The van der Waals surface area contributed by atoms with Crippen LogP contribution in [0.4, 0.5) is 10.7 Å². The molecule has 0 bridgehead atoms. The van der Waals surface area contributed by atoms with Crippen LogP contribution in [0.2, 0.25) is 0 Å². The van der Waals surface area contributed by atoms with Crippen LogP contribution < -0.4 is 11.1 Å². The maximum Gasteiger partial charge on any atom is 0.177 e. The van der Waals surface area contributed by atoms with Gasteiger partial charge >= 0.3 is 0 Å². The number of anilines is 2. The van der Waals surface area contributed by atoms with E-state index in [1.165, 1.54) is 11.3 Å². The molecule has 0 spiro atoms. The minimum atomic E-state index is -0.0475. The van der Waals surface area contributed by atoms with Gasteiger partial charge in [-0.3, -0.25) is 9.78 Å². The van der Waals surface area contributed by atoms with Gasteiger partial charge in [0, 0.05) is 24.9 Å². The van der Waals surface area contributed by atoms with Gasteiger partial charge in [-0.25, -0.2) is 0 Å². The molecule has 0 amide bonds. The van der Waals surface area contributed by atoms with Crippen molar-refractivity contribution in [1.29, 1.82) is 0 Å². The van der Waals surface area contributed by atoms with Crippen LogP contribution in [-0.4, -0.2) is 17.0 Å². The molecule has 0 aliphatic heterocycles. The molecule has 0 atom stereocenters. The normalized spacial score (nSPS) is 10.9. The monoisotopic (exact) mass is 321 g/mol. The van der Waals surface area contributed by atoms with Crippen molar-refractivity contribution in [3.05, 3.63) is 35.0 Å². The number of thiophene rings is 1. The Bertz CT molecular complexity index is 623. The van der Waals surface area contributed by atoms with E-state index >= 15 is 0 Å². The summed E-state index contributed by atoms with van der Waals surface area (Å²) in [6.07, 6.45) is 5.51. The zero-order valence-electron chi connectivity index (χ0n) is 12.3. The van der Waals surface area contributed by atoms with E-state index in [1.54, 1.807) is 24.2 Å². The van der Waals surface area contributed by atoms with E-state index in [9.17, 15) is 4.79 Å². The van der Waals surface area contributed by atoms with Gasteiger partial charge in [-0.15, -0.1) is 23.1 Å². The SMILES string of the molecule is CSc1c(NCc2ccncc2)sc(C(=O)C(C)C)c1N. The topological polar surface area (TPSA) is 68.0 Å². The minimum absolute atomic E-state index is 0.0475. The molecule has 0 fully saturated rings. The quantitative estimate of drug-likeness (QED) is 0.624. The molecule has 0 radical (unpaired) electrons. The number of carbonyl (C=O) groups excluding carboxylic acids is 1. The number of nitrogens with zero attached hydrogens (tertiary/aromatic N) is 1. The van der Waals surface area contributed by atoms with Crippen molar-refractivity contribution in [1.82, 2.24) is 4.98 Å². The molecular weight excluding hydrogens is 302 g/mol. The lowest BCUT2D eigenvalue weighted by atomic mass is 10.1. The van der Waals surface area contributed by atoms with E-state index in [4.69, 9.17) is 5.73 Å². The van der Waals surface area contributed by atoms with E-state index in [2.05, 4.69) is 10.3 Å². The highest BCUT2D eigenvalue weighted by atomic mass is 32.2. The number of aromatic nitrogens is 1. The lowest BCUT2D eigenvalue weighted by molar-refractivity contribution is 0.0944. The van der Waals surface area contributed by atoms with Crippen molar-refractivity contribution >= 4 is 39.6 Å². The maximum atomic E-state index is 12.2. The fraction of sp³-hybridized carbons (Fsp3) is 0.333. The number of rotatable bonds is 6. The number of Topliss-reactive ketones (excluding diaryl/α,β-unsaturated/α-hetero) is 1. The van der Waals surface area contributed by atoms with Crippen LogP contribution >= 0.6 is 23.1 Å². The molecule has 2 heterocycles. The molecule has 3 N–H and O–H groups in total. The van der Waals surface area contributed by atoms with Crippen LogP contribution in [0, 0.1) is 5.92 Å². The van der Waals surface area contributed by atoms with E-state index in [0.717, 1.165) is 15.5 Å². The zero-order chi connectivity index (χ0) is 15.4. The number of nitrogen functional groups attached to an aromatic ring is 1. The summed E-state index contributed by atoms with van der Waals surface area (Å²) in [6.45, 7) is 4.47. The van der Waals surface area contributed by atoms with Gasteiger partial charge in [0.2, 0.25) is 0 Å². The number of ketones is 1. The average Bonchev–Trinajstić information content (AvgIpc) is 2.81. The Morgan fingerprint density at radius 3 is 2.67 bits per heavy atom. The fourth-order valence-electron chi connectivity index (χ4n) is 1.88. The van der Waals surface area contributed by atoms with Gasteiger partial charge in [0.15, 0.2) is 5.78 Å². The first kappa shape index (κ1) is 15.9. The third-order valence-electron chi connectivity index (χ3n) is 3.05. The first-order valence-electron chi connectivity index (χ1n) is 6.67. The second-order valence-corrected chi connectivity index (χ2v) is 6.77. The Morgan fingerprint density at radius 1 is 1.43 bits per heavy atom. The Labute approximate surface area is 133 Å². The summed E-state index contributed by atoms with van der Waals surface area (Å²) in [5.41, 5.74) is 7.88. The molecule has 112 valence electrons. The summed E-state index contributed by atoms with van der Waals surface area (Å²) < 4.78 is 0. The van der Waals surface area contributed by atoms with Crippen molar-refractivity contribution < 1.29 is 4.79 Å². The molecule has 21 heavy (non-hydrogen) atoms. The number of nitrogens with one attached hydrogen (secondary N) is 1. The van der Waals surface area contributed by atoms with Gasteiger partial charge in [-0.1, -0.05) is 13.8 Å². The van der Waals surface area contributed by atoms with Gasteiger partial charge in [-0.05, 0) is 24.0 Å². The summed E-state index contributed by atoms with van der Waals surface area (Å²) in [6, 6.07) is 3.92. The molecule has 0 aromatic carbocycles. The summed E-state index contributed by atoms with van der Waals surface area (Å²) >= 11 is 3.01. The highest BCUT2D eigenvalue weighted by Gasteiger charge is 2.22. The Hall–Kier alpha value is -1.53. The van der Waals surface area contributed by atoms with Gasteiger partial charge in [0.1, 0.15) is 5.00 Å². The lowest BCUT2D eigenvalue weighted by Gasteiger charge is -2.06. The number of thioether (sulfide) groups is 1. The van der Waals surface area contributed by atoms with Crippen LogP contribution in [-0.2, 0) is 6.54 Å². The summed E-state index contributed by atoms with van der Waals surface area (Å²) in [5.74, 6) is 0.0541. The summed E-state index contributed by atoms with van der Waals surface area (Å²) in [4.78, 5) is 17.8. The van der Waals surface area contributed by atoms with Crippen molar-refractivity contribution in [2.75, 3.05) is 17.3 Å². The third kappa shape index (κ3) is 3.57. The average molecular weight is 321 g/mol. The zero-order valence-corrected chi connectivity index (χ0v) is 14.0. The van der Waals surface area contributed by atoms with Crippen molar-refractivity contribution in [2.24, 2.45) is 5.92 Å². The van der Waals surface area contributed by atoms with Gasteiger partial charge < -0.3 is 11.1 Å². The van der Waals surface area contributed by atoms with Crippen LogP contribution in [0.5, 0.6) is 0 Å². The summed E-state index contributed by atoms with van der Waals surface area (Å²) in [5, 5.41) is 4.33. The minimum Gasteiger partial charge on any atom is -0.396 e. The number of carbonyl (C=O) groups is 1. The van der Waals surface area contributed by atoms with Crippen molar-refractivity contribution in [3.63, 3.8) is 0 Å². The highest BCUT2D eigenvalue weighted by Crippen LogP contribution is 2.42. The summed E-state index contributed by atoms with van der Waals surface area (Å²) in [7, 11) is 0. The van der Waals surface area contributed by atoms with Gasteiger partial charge in [-0.2, -0.15) is 0 Å². The van der Waals surface area contributed by atoms with Crippen LogP contribution in [0.15, 0.2) is 29.4 Å². The molecule has 2 aromatic rings. The predicted octanol–water partition coefficient (Wildman–Crippen LogP) is 3.90. The fourth-order valence-corrected chi connectivity index (χ4v) is 3.99. The van der Waals surface area contributed by atoms with E-state index in [-0.39, 0.29) is 11.7 Å².